The molecule has 1 saturated heterocycles. The van der Waals surface area contributed by atoms with Crippen LogP contribution < -0.4 is 5.32 Å². The topological polar surface area (TPSA) is 95.2 Å². The van der Waals surface area contributed by atoms with Gasteiger partial charge in [0.1, 0.15) is 4.90 Å². The van der Waals surface area contributed by atoms with E-state index in [-0.39, 0.29) is 23.3 Å². The number of carbonyl (C=O) groups excluding carboxylic acids is 1. The molecule has 3 rings (SSSR count). The first-order chi connectivity index (χ1) is 12.9. The zero-order valence-electron chi connectivity index (χ0n) is 16.3. The number of allylic oxidation sites excluding steroid dienone is 1. The molecule has 1 aromatic rings. The maximum Gasteiger partial charge on any atom is 0.246 e. The first-order valence-corrected chi connectivity index (χ1v) is 11.3. The van der Waals surface area contributed by atoms with Crippen LogP contribution >= 0.6 is 0 Å². The predicted octanol–water partition coefficient (Wildman–Crippen LogP) is 2.43. The summed E-state index contributed by atoms with van der Waals surface area (Å²) in [6.45, 7) is 4.71. The summed E-state index contributed by atoms with van der Waals surface area (Å²) in [7, 11) is -3.63. The standard InChI is InChI=1S/C19H30N4O3S/c1-14-18(15(2)22-21-14)27(25,26)23-12-6-9-17(13-23)19(24)20-11-10-16-7-4-3-5-8-16/h7,17H,3-6,8-13H2,1-2H3,(H,20,24)(H,21,22). The van der Waals surface area contributed by atoms with Crippen LogP contribution in [0.15, 0.2) is 16.5 Å². The van der Waals surface area contributed by atoms with Crippen LogP contribution in [0.2, 0.25) is 0 Å². The number of amides is 1. The quantitative estimate of drug-likeness (QED) is 0.725. The SMILES string of the molecule is Cc1n[nH]c(C)c1S(=O)(=O)N1CCCC(C(=O)NCCC2=CCCCC2)C1. The fourth-order valence-corrected chi connectivity index (χ4v) is 5.90. The number of carbonyl (C=O) groups is 1. The molecule has 1 amide bonds. The van der Waals surface area contributed by atoms with E-state index < -0.39 is 10.0 Å². The summed E-state index contributed by atoms with van der Waals surface area (Å²) in [6.07, 6.45) is 9.39. The minimum absolute atomic E-state index is 0.0352. The predicted molar refractivity (Wildman–Crippen MR) is 104 cm³/mol. The molecule has 27 heavy (non-hydrogen) atoms. The van der Waals surface area contributed by atoms with Gasteiger partial charge in [0.25, 0.3) is 0 Å². The molecule has 150 valence electrons. The largest absolute Gasteiger partial charge is 0.356 e. The molecule has 0 radical (unpaired) electrons. The average molecular weight is 395 g/mol. The molecular formula is C19H30N4O3S. The minimum Gasteiger partial charge on any atom is -0.356 e. The normalized spacial score (nSPS) is 21.7. The highest BCUT2D eigenvalue weighted by Gasteiger charge is 2.35. The summed E-state index contributed by atoms with van der Waals surface area (Å²) >= 11 is 0. The lowest BCUT2D eigenvalue weighted by atomic mass is 9.96. The third kappa shape index (κ3) is 4.60. The van der Waals surface area contributed by atoms with Crippen molar-refractivity contribution in [3.05, 3.63) is 23.0 Å². The lowest BCUT2D eigenvalue weighted by Gasteiger charge is -2.31. The Hall–Kier alpha value is -1.67. The lowest BCUT2D eigenvalue weighted by molar-refractivity contribution is -0.126. The van der Waals surface area contributed by atoms with Crippen molar-refractivity contribution in [1.29, 1.82) is 0 Å². The van der Waals surface area contributed by atoms with Gasteiger partial charge in [-0.3, -0.25) is 9.89 Å². The number of aryl methyl sites for hydroxylation is 2. The van der Waals surface area contributed by atoms with Crippen molar-refractivity contribution in [3.63, 3.8) is 0 Å². The van der Waals surface area contributed by atoms with Gasteiger partial charge in [0, 0.05) is 19.6 Å². The van der Waals surface area contributed by atoms with Gasteiger partial charge in [0.05, 0.1) is 17.3 Å². The van der Waals surface area contributed by atoms with Gasteiger partial charge in [0.2, 0.25) is 15.9 Å². The molecule has 2 heterocycles. The van der Waals surface area contributed by atoms with Gasteiger partial charge in [-0.15, -0.1) is 0 Å². The molecule has 0 spiro atoms. The molecule has 1 aliphatic heterocycles. The fraction of sp³-hybridized carbons (Fsp3) is 0.684. The van der Waals surface area contributed by atoms with Gasteiger partial charge in [-0.05, 0) is 58.8 Å². The van der Waals surface area contributed by atoms with Crippen LogP contribution in [0.5, 0.6) is 0 Å². The van der Waals surface area contributed by atoms with Gasteiger partial charge in [-0.1, -0.05) is 11.6 Å². The van der Waals surface area contributed by atoms with E-state index in [9.17, 15) is 13.2 Å². The lowest BCUT2D eigenvalue weighted by Crippen LogP contribution is -2.45. The summed E-state index contributed by atoms with van der Waals surface area (Å²) in [5.41, 5.74) is 2.44. The van der Waals surface area contributed by atoms with Crippen molar-refractivity contribution < 1.29 is 13.2 Å². The highest BCUT2D eigenvalue weighted by Crippen LogP contribution is 2.27. The Morgan fingerprint density at radius 1 is 1.33 bits per heavy atom. The van der Waals surface area contributed by atoms with Crippen LogP contribution in [-0.4, -0.2) is 48.5 Å². The molecule has 1 aromatic heterocycles. The van der Waals surface area contributed by atoms with E-state index >= 15 is 0 Å². The van der Waals surface area contributed by atoms with Crippen LogP contribution in [0.4, 0.5) is 0 Å². The molecule has 1 aliphatic carbocycles. The molecule has 1 atom stereocenters. The van der Waals surface area contributed by atoms with Crippen molar-refractivity contribution in [2.45, 2.75) is 63.7 Å². The minimum atomic E-state index is -3.63. The molecule has 0 bridgehead atoms. The molecule has 2 N–H and O–H groups in total. The van der Waals surface area contributed by atoms with Crippen LogP contribution in [0.3, 0.4) is 0 Å². The zero-order valence-corrected chi connectivity index (χ0v) is 17.1. The maximum atomic E-state index is 13.0. The summed E-state index contributed by atoms with van der Waals surface area (Å²) in [5, 5.41) is 9.75. The number of piperidine rings is 1. The van der Waals surface area contributed by atoms with E-state index in [2.05, 4.69) is 21.6 Å². The second-order valence-corrected chi connectivity index (χ2v) is 9.49. The Bertz CT molecular complexity index is 793. The third-order valence-electron chi connectivity index (χ3n) is 5.54. The van der Waals surface area contributed by atoms with Crippen LogP contribution in [0.1, 0.15) is 56.3 Å². The molecule has 0 saturated carbocycles. The Labute approximate surface area is 161 Å². The van der Waals surface area contributed by atoms with Crippen molar-refractivity contribution in [2.75, 3.05) is 19.6 Å². The fourth-order valence-electron chi connectivity index (χ4n) is 4.05. The molecule has 7 nitrogen and oxygen atoms in total. The van der Waals surface area contributed by atoms with Gasteiger partial charge in [-0.2, -0.15) is 9.40 Å². The molecule has 0 aromatic carbocycles. The van der Waals surface area contributed by atoms with Crippen molar-refractivity contribution >= 4 is 15.9 Å². The summed E-state index contributed by atoms with van der Waals surface area (Å²) in [4.78, 5) is 12.8. The van der Waals surface area contributed by atoms with Gasteiger partial charge in [0.15, 0.2) is 0 Å². The van der Waals surface area contributed by atoms with Gasteiger partial charge < -0.3 is 5.32 Å². The number of hydrogen-bond acceptors (Lipinski definition) is 4. The number of hydrogen-bond donors (Lipinski definition) is 2. The Kier molecular flexibility index (Phi) is 6.37. The number of nitrogens with one attached hydrogen (secondary N) is 2. The van der Waals surface area contributed by atoms with E-state index in [1.807, 2.05) is 0 Å². The van der Waals surface area contributed by atoms with E-state index in [0.717, 1.165) is 25.7 Å². The van der Waals surface area contributed by atoms with Crippen molar-refractivity contribution in [2.24, 2.45) is 5.92 Å². The van der Waals surface area contributed by atoms with E-state index in [0.29, 0.717) is 30.9 Å². The maximum absolute atomic E-state index is 13.0. The average Bonchev–Trinajstić information content (AvgIpc) is 3.01. The highest BCUT2D eigenvalue weighted by molar-refractivity contribution is 7.89. The van der Waals surface area contributed by atoms with Crippen LogP contribution in [0, 0.1) is 19.8 Å². The highest BCUT2D eigenvalue weighted by atomic mass is 32.2. The Balaban J connectivity index is 1.58. The molecule has 1 unspecified atom stereocenters. The first kappa shape index (κ1) is 20.1. The number of aromatic amines is 1. The third-order valence-corrected chi connectivity index (χ3v) is 7.67. The number of rotatable bonds is 6. The van der Waals surface area contributed by atoms with Gasteiger partial charge >= 0.3 is 0 Å². The molecule has 2 aliphatic rings. The molecular weight excluding hydrogens is 364 g/mol. The zero-order chi connectivity index (χ0) is 19.4. The number of aromatic nitrogens is 2. The number of H-pyrrole nitrogens is 1. The molecule has 1 fully saturated rings. The van der Waals surface area contributed by atoms with E-state index in [4.69, 9.17) is 0 Å². The monoisotopic (exact) mass is 394 g/mol. The van der Waals surface area contributed by atoms with Crippen molar-refractivity contribution in [1.82, 2.24) is 19.8 Å². The van der Waals surface area contributed by atoms with Gasteiger partial charge in [-0.25, -0.2) is 8.42 Å². The Morgan fingerprint density at radius 3 is 2.81 bits per heavy atom. The summed E-state index contributed by atoms with van der Waals surface area (Å²) in [6, 6.07) is 0. The second-order valence-electron chi connectivity index (χ2n) is 7.61. The number of sulfonamides is 1. The summed E-state index contributed by atoms with van der Waals surface area (Å²) in [5.74, 6) is -0.326. The van der Waals surface area contributed by atoms with Crippen LogP contribution in [-0.2, 0) is 14.8 Å². The Morgan fingerprint density at radius 2 is 2.15 bits per heavy atom. The van der Waals surface area contributed by atoms with Crippen LogP contribution in [0.25, 0.3) is 0 Å². The van der Waals surface area contributed by atoms with E-state index in [1.165, 1.54) is 22.7 Å². The van der Waals surface area contributed by atoms with Crippen molar-refractivity contribution in [3.8, 4) is 0 Å². The second kappa shape index (κ2) is 8.56. The van der Waals surface area contributed by atoms with E-state index in [1.54, 1.807) is 13.8 Å². The molecule has 8 heteroatoms. The number of nitrogens with zero attached hydrogens (tertiary/aromatic N) is 2. The summed E-state index contributed by atoms with van der Waals surface area (Å²) < 4.78 is 27.5. The smallest absolute Gasteiger partial charge is 0.246 e. The first-order valence-electron chi connectivity index (χ1n) is 9.87.